The number of imidazole rings is 1. The first-order valence-electron chi connectivity index (χ1n) is 9.51. The van der Waals surface area contributed by atoms with E-state index in [-0.39, 0.29) is 17.4 Å². The molecule has 1 atom stereocenters. The molecule has 1 unspecified atom stereocenters. The highest BCUT2D eigenvalue weighted by atomic mass is 16.6. The molecule has 2 heterocycles. The Morgan fingerprint density at radius 2 is 1.93 bits per heavy atom. The third-order valence-corrected chi connectivity index (χ3v) is 4.89. The lowest BCUT2D eigenvalue weighted by atomic mass is 10.0. The molecule has 0 spiro atoms. The molecule has 0 fully saturated rings. The fraction of sp³-hybridized carbons (Fsp3) is 0.217. The first-order chi connectivity index (χ1) is 14.6. The highest BCUT2D eigenvalue weighted by molar-refractivity contribution is 5.90. The lowest BCUT2D eigenvalue weighted by molar-refractivity contribution is 0.259. The van der Waals surface area contributed by atoms with Crippen molar-refractivity contribution >= 4 is 11.0 Å². The van der Waals surface area contributed by atoms with Gasteiger partial charge in [0.05, 0.1) is 26.6 Å². The average Bonchev–Trinajstić information content (AvgIpc) is 3.32. The van der Waals surface area contributed by atoms with Gasteiger partial charge in [-0.15, -0.1) is 0 Å². The van der Waals surface area contributed by atoms with Crippen molar-refractivity contribution in [1.82, 2.24) is 9.55 Å². The molecule has 0 bridgehead atoms. The van der Waals surface area contributed by atoms with E-state index in [1.54, 1.807) is 24.7 Å². The molecule has 0 aliphatic carbocycles. The molecule has 7 nitrogen and oxygen atoms in total. The third-order valence-electron chi connectivity index (χ3n) is 4.89. The minimum absolute atomic E-state index is 0.0798. The summed E-state index contributed by atoms with van der Waals surface area (Å²) in [4.78, 5) is 17.4. The maximum atomic E-state index is 13.4. The second-order valence-electron chi connectivity index (χ2n) is 6.83. The molecule has 30 heavy (non-hydrogen) atoms. The van der Waals surface area contributed by atoms with Crippen LogP contribution in [0.15, 0.2) is 70.4 Å². The van der Waals surface area contributed by atoms with Crippen LogP contribution in [-0.2, 0) is 0 Å². The number of fused-ring (bicyclic) bond motifs is 1. The molecular weight excluding hydrogens is 384 g/mol. The van der Waals surface area contributed by atoms with Gasteiger partial charge < -0.3 is 23.2 Å². The summed E-state index contributed by atoms with van der Waals surface area (Å²) in [5.41, 5.74) is 1.17. The first-order valence-corrected chi connectivity index (χ1v) is 9.51. The molecule has 0 amide bonds. The Morgan fingerprint density at radius 1 is 1.13 bits per heavy atom. The number of ether oxygens (including phenoxy) is 3. The Bertz CT molecular complexity index is 1200. The average molecular weight is 406 g/mol. The Balaban J connectivity index is 1.77. The van der Waals surface area contributed by atoms with Crippen molar-refractivity contribution in [3.63, 3.8) is 0 Å². The number of hydrogen-bond acceptors (Lipinski definition) is 6. The summed E-state index contributed by atoms with van der Waals surface area (Å²) in [5.74, 6) is 1.06. The van der Waals surface area contributed by atoms with E-state index in [0.29, 0.717) is 40.2 Å². The van der Waals surface area contributed by atoms with Crippen LogP contribution in [0.1, 0.15) is 13.0 Å². The van der Waals surface area contributed by atoms with Gasteiger partial charge in [-0.05, 0) is 12.5 Å². The van der Waals surface area contributed by atoms with Crippen molar-refractivity contribution in [2.45, 2.75) is 13.0 Å². The van der Waals surface area contributed by atoms with E-state index >= 15 is 0 Å². The summed E-state index contributed by atoms with van der Waals surface area (Å²) in [5, 5.41) is 0.340. The summed E-state index contributed by atoms with van der Waals surface area (Å²) in [6.07, 6.45) is 5.34. The molecular formula is C23H22N2O5. The van der Waals surface area contributed by atoms with E-state index in [1.165, 1.54) is 14.2 Å². The molecule has 0 saturated heterocycles. The molecule has 0 radical (unpaired) electrons. The standard InChI is InChI=1S/C23H22N2O5/c1-15(25-10-9-24-14-25)13-29-17-11-18(27-2)21-19(12-17)30-23(28-3)20(22(21)26)16-7-5-4-6-8-16/h4-12,14-15H,13H2,1-3H3. The molecule has 7 heteroatoms. The van der Waals surface area contributed by atoms with Gasteiger partial charge in [0.2, 0.25) is 5.43 Å². The van der Waals surface area contributed by atoms with E-state index in [1.807, 2.05) is 48.0 Å². The van der Waals surface area contributed by atoms with Crippen LogP contribution in [0.25, 0.3) is 22.1 Å². The highest BCUT2D eigenvalue weighted by Gasteiger charge is 2.21. The van der Waals surface area contributed by atoms with Crippen LogP contribution in [0.4, 0.5) is 0 Å². The normalized spacial score (nSPS) is 12.0. The molecule has 0 N–H and O–H groups in total. The lowest BCUT2D eigenvalue weighted by Crippen LogP contribution is -2.13. The zero-order valence-corrected chi connectivity index (χ0v) is 17.0. The van der Waals surface area contributed by atoms with E-state index in [2.05, 4.69) is 4.98 Å². The minimum Gasteiger partial charge on any atom is -0.496 e. The van der Waals surface area contributed by atoms with Gasteiger partial charge in [-0.25, -0.2) is 4.98 Å². The molecule has 4 aromatic rings. The summed E-state index contributed by atoms with van der Waals surface area (Å²) in [6.45, 7) is 2.43. The summed E-state index contributed by atoms with van der Waals surface area (Å²) < 4.78 is 24.7. The van der Waals surface area contributed by atoms with Crippen LogP contribution in [0, 0.1) is 0 Å². The predicted molar refractivity (Wildman–Crippen MR) is 113 cm³/mol. The van der Waals surface area contributed by atoms with Crippen LogP contribution >= 0.6 is 0 Å². The van der Waals surface area contributed by atoms with Crippen molar-refractivity contribution in [3.05, 3.63) is 71.4 Å². The number of rotatable bonds is 7. The smallest absolute Gasteiger partial charge is 0.296 e. The van der Waals surface area contributed by atoms with Crippen LogP contribution in [0.3, 0.4) is 0 Å². The zero-order chi connectivity index (χ0) is 21.1. The predicted octanol–water partition coefficient (Wildman–Crippen LogP) is 4.31. The number of nitrogens with zero attached hydrogens (tertiary/aromatic N) is 2. The highest BCUT2D eigenvalue weighted by Crippen LogP contribution is 2.36. The molecule has 154 valence electrons. The van der Waals surface area contributed by atoms with E-state index in [0.717, 1.165) is 0 Å². The van der Waals surface area contributed by atoms with Gasteiger partial charge in [-0.1, -0.05) is 30.3 Å². The zero-order valence-electron chi connectivity index (χ0n) is 17.0. The fourth-order valence-electron chi connectivity index (χ4n) is 3.31. The van der Waals surface area contributed by atoms with Crippen molar-refractivity contribution in [3.8, 4) is 28.6 Å². The quantitative estimate of drug-likeness (QED) is 0.455. The molecule has 0 aliphatic rings. The SMILES string of the molecule is COc1oc2cc(OCC(C)n3ccnc3)cc(OC)c2c(=O)c1-c1ccccc1. The number of methoxy groups -OCH3 is 2. The van der Waals surface area contributed by atoms with Crippen LogP contribution in [0.5, 0.6) is 17.4 Å². The Kier molecular flexibility index (Phi) is 5.43. The Hall–Kier alpha value is -3.74. The first kappa shape index (κ1) is 19.6. The lowest BCUT2D eigenvalue weighted by Gasteiger charge is -2.16. The second kappa shape index (κ2) is 8.32. The molecule has 0 saturated carbocycles. The van der Waals surface area contributed by atoms with Gasteiger partial charge in [0.25, 0.3) is 5.95 Å². The summed E-state index contributed by atoms with van der Waals surface area (Å²) in [6, 6.07) is 12.7. The van der Waals surface area contributed by atoms with Crippen molar-refractivity contribution in [2.75, 3.05) is 20.8 Å². The summed E-state index contributed by atoms with van der Waals surface area (Å²) in [7, 11) is 2.99. The molecule has 4 rings (SSSR count). The second-order valence-corrected chi connectivity index (χ2v) is 6.83. The Morgan fingerprint density at radius 3 is 2.60 bits per heavy atom. The largest absolute Gasteiger partial charge is 0.496 e. The van der Waals surface area contributed by atoms with Crippen molar-refractivity contribution in [1.29, 1.82) is 0 Å². The van der Waals surface area contributed by atoms with Gasteiger partial charge in [0.15, 0.2) is 0 Å². The van der Waals surface area contributed by atoms with E-state index in [4.69, 9.17) is 18.6 Å². The molecule has 0 aliphatic heterocycles. The Labute approximate surface area is 173 Å². The number of aromatic nitrogens is 2. The van der Waals surface area contributed by atoms with E-state index < -0.39 is 0 Å². The summed E-state index contributed by atoms with van der Waals surface area (Å²) >= 11 is 0. The maximum absolute atomic E-state index is 13.4. The van der Waals surface area contributed by atoms with Crippen LogP contribution in [0.2, 0.25) is 0 Å². The van der Waals surface area contributed by atoms with Gasteiger partial charge >= 0.3 is 0 Å². The van der Waals surface area contributed by atoms with E-state index in [9.17, 15) is 4.79 Å². The van der Waals surface area contributed by atoms with Gasteiger partial charge in [-0.3, -0.25) is 4.79 Å². The minimum atomic E-state index is -0.227. The third kappa shape index (κ3) is 3.61. The number of hydrogen-bond donors (Lipinski definition) is 0. The monoisotopic (exact) mass is 406 g/mol. The van der Waals surface area contributed by atoms with Gasteiger partial charge in [0, 0.05) is 24.5 Å². The van der Waals surface area contributed by atoms with Crippen molar-refractivity contribution in [2.24, 2.45) is 0 Å². The number of benzene rings is 2. The fourth-order valence-corrected chi connectivity index (χ4v) is 3.31. The topological polar surface area (TPSA) is 75.7 Å². The maximum Gasteiger partial charge on any atom is 0.296 e. The van der Waals surface area contributed by atoms with Gasteiger partial charge in [-0.2, -0.15) is 0 Å². The van der Waals surface area contributed by atoms with Gasteiger partial charge in [0.1, 0.15) is 34.6 Å². The van der Waals surface area contributed by atoms with Crippen LogP contribution < -0.4 is 19.6 Å². The molecule has 2 aromatic heterocycles. The van der Waals surface area contributed by atoms with Crippen molar-refractivity contribution < 1.29 is 18.6 Å². The molecule has 2 aromatic carbocycles. The van der Waals surface area contributed by atoms with Crippen LogP contribution in [-0.4, -0.2) is 30.4 Å².